The van der Waals surface area contributed by atoms with Gasteiger partial charge in [-0.25, -0.2) is 30.3 Å². The molecule has 0 amide bonds. The largest absolute Gasteiger partial charge is 0.325 e. The Morgan fingerprint density at radius 1 is 1.08 bits per heavy atom. The number of hydrogen-bond acceptors (Lipinski definition) is 5. The third-order valence-corrected chi connectivity index (χ3v) is 7.18. The van der Waals surface area contributed by atoms with Crippen LogP contribution in [0.15, 0.2) is 34.1 Å². The van der Waals surface area contributed by atoms with Crippen LogP contribution in [0.2, 0.25) is 0 Å². The van der Waals surface area contributed by atoms with E-state index in [9.17, 15) is 25.6 Å². The van der Waals surface area contributed by atoms with E-state index in [4.69, 9.17) is 5.73 Å². The molecule has 11 heteroatoms. The maximum atomic E-state index is 13.2. The molecule has 0 bridgehead atoms. The Morgan fingerprint density at radius 2 is 1.68 bits per heavy atom. The van der Waals surface area contributed by atoms with Crippen LogP contribution in [0.3, 0.4) is 0 Å². The van der Waals surface area contributed by atoms with Gasteiger partial charge in [0.25, 0.3) is 5.92 Å². The van der Waals surface area contributed by atoms with Crippen molar-refractivity contribution < 1.29 is 25.6 Å². The van der Waals surface area contributed by atoms with Crippen molar-refractivity contribution in [2.24, 2.45) is 5.73 Å². The minimum absolute atomic E-state index is 0.178. The number of benzene rings is 1. The lowest BCUT2D eigenvalue weighted by atomic mass is 10.2. The molecule has 0 aliphatic carbocycles. The van der Waals surface area contributed by atoms with Gasteiger partial charge in [0.2, 0.25) is 20.0 Å². The summed E-state index contributed by atoms with van der Waals surface area (Å²) in [5, 5.41) is 0. The zero-order valence-electron chi connectivity index (χ0n) is 13.5. The van der Waals surface area contributed by atoms with Crippen LogP contribution >= 0.6 is 0 Å². The van der Waals surface area contributed by atoms with Gasteiger partial charge in [0.1, 0.15) is 0 Å². The molecular weight excluding hydrogens is 376 g/mol. The van der Waals surface area contributed by atoms with Crippen LogP contribution in [-0.2, 0) is 20.0 Å². The summed E-state index contributed by atoms with van der Waals surface area (Å²) in [6.45, 7) is -1.41. The van der Waals surface area contributed by atoms with E-state index in [2.05, 4.69) is 0 Å². The van der Waals surface area contributed by atoms with E-state index in [-0.39, 0.29) is 4.90 Å². The van der Waals surface area contributed by atoms with Crippen LogP contribution in [0, 0.1) is 0 Å². The standard InChI is InChI=1S/C14H21F2N3O4S2/c15-14(16,10-17)11-18-24(20,21)12-5-4-6-13(9-12)25(22,23)19-7-2-1-3-8-19/h4-6,9,18H,1-3,7-8,10-11,17H2. The van der Waals surface area contributed by atoms with Gasteiger partial charge >= 0.3 is 0 Å². The summed E-state index contributed by atoms with van der Waals surface area (Å²) in [6, 6.07) is 4.69. The molecule has 142 valence electrons. The normalized spacial score (nSPS) is 17.6. The number of nitrogens with one attached hydrogen (secondary N) is 1. The van der Waals surface area contributed by atoms with Crippen molar-refractivity contribution >= 4 is 20.0 Å². The van der Waals surface area contributed by atoms with Crippen molar-refractivity contribution in [3.63, 3.8) is 0 Å². The third-order valence-electron chi connectivity index (χ3n) is 3.89. The van der Waals surface area contributed by atoms with Crippen molar-refractivity contribution in [2.45, 2.75) is 35.0 Å². The highest BCUT2D eigenvalue weighted by Crippen LogP contribution is 2.23. The van der Waals surface area contributed by atoms with Crippen molar-refractivity contribution in [1.82, 2.24) is 9.03 Å². The van der Waals surface area contributed by atoms with Crippen molar-refractivity contribution in [3.8, 4) is 0 Å². The Labute approximate surface area is 146 Å². The molecule has 1 aromatic carbocycles. The highest BCUT2D eigenvalue weighted by atomic mass is 32.2. The summed E-state index contributed by atoms with van der Waals surface area (Å²) in [7, 11) is -8.11. The Morgan fingerprint density at radius 3 is 2.28 bits per heavy atom. The lowest BCUT2D eigenvalue weighted by Gasteiger charge is -2.26. The summed E-state index contributed by atoms with van der Waals surface area (Å²) >= 11 is 0. The van der Waals surface area contributed by atoms with Crippen molar-refractivity contribution in [2.75, 3.05) is 26.2 Å². The van der Waals surface area contributed by atoms with E-state index in [1.165, 1.54) is 16.4 Å². The highest BCUT2D eigenvalue weighted by molar-refractivity contribution is 7.90. The molecule has 7 nitrogen and oxygen atoms in total. The van der Waals surface area contributed by atoms with Crippen LogP contribution in [-0.4, -0.2) is 53.2 Å². The van der Waals surface area contributed by atoms with Gasteiger partial charge < -0.3 is 5.73 Å². The number of nitrogens with two attached hydrogens (primary N) is 1. The molecule has 0 saturated carbocycles. The number of hydrogen-bond donors (Lipinski definition) is 2. The Kier molecular flexibility index (Phi) is 6.15. The molecule has 1 aliphatic rings. The quantitative estimate of drug-likeness (QED) is 0.705. The Bertz CT molecular complexity index is 807. The molecule has 0 atom stereocenters. The van der Waals surface area contributed by atoms with E-state index in [1.807, 2.05) is 0 Å². The molecule has 3 N–H and O–H groups in total. The number of halogens is 2. The number of rotatable bonds is 7. The molecule has 1 saturated heterocycles. The summed E-state index contributed by atoms with van der Waals surface area (Å²) in [5.74, 6) is -3.38. The van der Waals surface area contributed by atoms with E-state index in [0.717, 1.165) is 31.4 Å². The average molecular weight is 397 g/mol. The second-order valence-corrected chi connectivity index (χ2v) is 9.53. The van der Waals surface area contributed by atoms with Crippen molar-refractivity contribution in [3.05, 3.63) is 24.3 Å². The smallest absolute Gasteiger partial charge is 0.273 e. The predicted molar refractivity (Wildman–Crippen MR) is 88.2 cm³/mol. The highest BCUT2D eigenvalue weighted by Gasteiger charge is 2.31. The number of sulfonamides is 2. The Hall–Kier alpha value is -1.14. The SMILES string of the molecule is NCC(F)(F)CNS(=O)(=O)c1cccc(S(=O)(=O)N2CCCCC2)c1. The van der Waals surface area contributed by atoms with Crippen molar-refractivity contribution in [1.29, 1.82) is 0 Å². The van der Waals surface area contributed by atoms with Gasteiger partial charge in [0.15, 0.2) is 0 Å². The van der Waals surface area contributed by atoms with Gasteiger partial charge in [-0.1, -0.05) is 12.5 Å². The fourth-order valence-electron chi connectivity index (χ4n) is 2.41. The molecular formula is C14H21F2N3O4S2. The summed E-state index contributed by atoms with van der Waals surface area (Å²) in [4.78, 5) is -0.568. The minimum Gasteiger partial charge on any atom is -0.325 e. The lowest BCUT2D eigenvalue weighted by Crippen LogP contribution is -2.41. The molecule has 0 spiro atoms. The van der Waals surface area contributed by atoms with Gasteiger partial charge in [-0.3, -0.25) is 0 Å². The monoisotopic (exact) mass is 397 g/mol. The molecule has 25 heavy (non-hydrogen) atoms. The maximum Gasteiger partial charge on any atom is 0.273 e. The number of nitrogens with zero attached hydrogens (tertiary/aromatic N) is 1. The molecule has 1 aromatic rings. The van der Waals surface area contributed by atoms with Gasteiger partial charge in [-0.2, -0.15) is 4.31 Å². The topological polar surface area (TPSA) is 110 Å². The second kappa shape index (κ2) is 7.62. The molecule has 2 rings (SSSR count). The van der Waals surface area contributed by atoms with Crippen LogP contribution in [0.1, 0.15) is 19.3 Å². The van der Waals surface area contributed by atoms with E-state index < -0.39 is 44.0 Å². The molecule has 0 aromatic heterocycles. The van der Waals surface area contributed by atoms with Crippen LogP contribution < -0.4 is 10.5 Å². The first-order valence-electron chi connectivity index (χ1n) is 7.76. The summed E-state index contributed by atoms with van der Waals surface area (Å²) < 4.78 is 78.9. The summed E-state index contributed by atoms with van der Waals surface area (Å²) in [5.41, 5.74) is 4.87. The molecule has 0 unspecified atom stereocenters. The fourth-order valence-corrected chi connectivity index (χ4v) is 5.16. The minimum atomic E-state index is -4.29. The Balaban J connectivity index is 2.25. The van der Waals surface area contributed by atoms with E-state index in [0.29, 0.717) is 13.1 Å². The lowest BCUT2D eigenvalue weighted by molar-refractivity contribution is 0.0170. The van der Waals surface area contributed by atoms with Gasteiger partial charge in [-0.15, -0.1) is 0 Å². The van der Waals surface area contributed by atoms with Gasteiger partial charge in [-0.05, 0) is 31.0 Å². The number of alkyl halides is 2. The maximum absolute atomic E-state index is 13.2. The fraction of sp³-hybridized carbons (Fsp3) is 0.571. The van der Waals surface area contributed by atoms with Gasteiger partial charge in [0, 0.05) is 13.1 Å². The van der Waals surface area contributed by atoms with E-state index in [1.54, 1.807) is 4.72 Å². The van der Waals surface area contributed by atoms with Crippen LogP contribution in [0.5, 0.6) is 0 Å². The first-order valence-corrected chi connectivity index (χ1v) is 10.7. The van der Waals surface area contributed by atoms with Crippen LogP contribution in [0.25, 0.3) is 0 Å². The summed E-state index contributed by atoms with van der Waals surface area (Å²) in [6.07, 6.45) is 2.43. The molecule has 0 radical (unpaired) electrons. The third kappa shape index (κ3) is 4.94. The first kappa shape index (κ1) is 20.2. The zero-order valence-corrected chi connectivity index (χ0v) is 15.1. The number of piperidine rings is 1. The predicted octanol–water partition coefficient (Wildman–Crippen LogP) is 0.733. The van der Waals surface area contributed by atoms with Crippen LogP contribution in [0.4, 0.5) is 8.78 Å². The molecule has 1 aliphatic heterocycles. The second-order valence-electron chi connectivity index (χ2n) is 5.82. The average Bonchev–Trinajstić information content (AvgIpc) is 2.61. The zero-order chi connectivity index (χ0) is 18.7. The van der Waals surface area contributed by atoms with E-state index >= 15 is 0 Å². The first-order chi connectivity index (χ1) is 11.6. The molecule has 1 fully saturated rings. The molecule has 1 heterocycles. The van der Waals surface area contributed by atoms with Gasteiger partial charge in [0.05, 0.1) is 22.9 Å².